The van der Waals surface area contributed by atoms with E-state index in [2.05, 4.69) is 4.98 Å². The maximum absolute atomic E-state index is 12.6. The molecule has 0 saturated carbocycles. The molecule has 0 atom stereocenters. The molecule has 0 aliphatic heterocycles. The molecule has 0 aliphatic rings. The fourth-order valence-electron chi connectivity index (χ4n) is 1.41. The maximum Gasteiger partial charge on any atom is 0.417 e. The number of rotatable bonds is 0. The first kappa shape index (κ1) is 12.1. The molecule has 1 aromatic carbocycles. The Bertz CT molecular complexity index is 702. The van der Waals surface area contributed by atoms with Crippen molar-refractivity contribution in [2.45, 2.75) is 6.18 Å². The predicted molar refractivity (Wildman–Crippen MR) is 62.9 cm³/mol. The van der Waals surface area contributed by atoms with Crippen LogP contribution in [0.1, 0.15) is 5.56 Å². The van der Waals surface area contributed by atoms with Gasteiger partial charge < -0.3 is 4.98 Å². The van der Waals surface area contributed by atoms with E-state index in [0.29, 0.717) is 0 Å². The first-order valence-electron chi connectivity index (χ1n) is 4.32. The molecule has 0 spiro atoms. The first-order chi connectivity index (χ1) is 7.79. The van der Waals surface area contributed by atoms with Crippen molar-refractivity contribution in [1.82, 2.24) is 9.97 Å². The van der Waals surface area contributed by atoms with Gasteiger partial charge in [0, 0.05) is 3.57 Å². The van der Waals surface area contributed by atoms with Gasteiger partial charge in [-0.1, -0.05) is 0 Å². The summed E-state index contributed by atoms with van der Waals surface area (Å²) < 4.78 is 37.7. The predicted octanol–water partition coefficient (Wildman–Crippen LogP) is 1.84. The zero-order chi connectivity index (χ0) is 12.8. The fraction of sp³-hybridized carbons (Fsp3) is 0.111. The zero-order valence-corrected chi connectivity index (χ0v) is 10.1. The summed E-state index contributed by atoms with van der Waals surface area (Å²) in [5, 5.41) is 0.0157. The number of H-pyrrole nitrogens is 2. The van der Waals surface area contributed by atoms with Crippen LogP contribution in [0, 0.1) is 3.57 Å². The molecule has 2 aromatic rings. The summed E-state index contributed by atoms with van der Waals surface area (Å²) in [6.45, 7) is 0. The van der Waals surface area contributed by atoms with Gasteiger partial charge in [0.2, 0.25) is 0 Å². The van der Waals surface area contributed by atoms with Gasteiger partial charge >= 0.3 is 11.9 Å². The Kier molecular flexibility index (Phi) is 2.76. The van der Waals surface area contributed by atoms with Gasteiger partial charge in [-0.25, -0.2) is 4.79 Å². The second-order valence-electron chi connectivity index (χ2n) is 3.28. The normalized spacial score (nSPS) is 12.0. The molecule has 0 radical (unpaired) electrons. The Morgan fingerprint density at radius 2 is 1.76 bits per heavy atom. The average Bonchev–Trinajstić information content (AvgIpc) is 2.16. The minimum absolute atomic E-state index is 0.0157. The lowest BCUT2D eigenvalue weighted by molar-refractivity contribution is -0.138. The summed E-state index contributed by atoms with van der Waals surface area (Å²) in [6, 6.07) is 1.85. The second-order valence-corrected chi connectivity index (χ2v) is 4.45. The first-order valence-corrected chi connectivity index (χ1v) is 5.40. The van der Waals surface area contributed by atoms with E-state index in [1.807, 2.05) is 4.98 Å². The van der Waals surface area contributed by atoms with Crippen molar-refractivity contribution in [2.75, 3.05) is 0 Å². The third-order valence-corrected chi connectivity index (χ3v) is 3.02. The van der Waals surface area contributed by atoms with Crippen molar-refractivity contribution in [2.24, 2.45) is 0 Å². The van der Waals surface area contributed by atoms with Crippen molar-refractivity contribution < 1.29 is 13.2 Å². The van der Waals surface area contributed by atoms with Crippen LogP contribution in [0.3, 0.4) is 0 Å². The van der Waals surface area contributed by atoms with Crippen molar-refractivity contribution >= 4 is 33.5 Å². The van der Waals surface area contributed by atoms with Crippen LogP contribution in [0.25, 0.3) is 10.9 Å². The summed E-state index contributed by atoms with van der Waals surface area (Å²) in [4.78, 5) is 26.4. The van der Waals surface area contributed by atoms with E-state index in [1.54, 1.807) is 0 Å². The number of aromatic nitrogens is 2. The highest BCUT2D eigenvalue weighted by molar-refractivity contribution is 14.1. The minimum Gasteiger partial charge on any atom is -0.307 e. The molecule has 17 heavy (non-hydrogen) atoms. The fourth-order valence-corrected chi connectivity index (χ4v) is 2.18. The van der Waals surface area contributed by atoms with Crippen LogP contribution in [0.2, 0.25) is 0 Å². The van der Waals surface area contributed by atoms with Crippen molar-refractivity contribution in [3.8, 4) is 0 Å². The third kappa shape index (κ3) is 2.21. The smallest absolute Gasteiger partial charge is 0.307 e. The summed E-state index contributed by atoms with van der Waals surface area (Å²) in [6.07, 6.45) is -4.52. The van der Waals surface area contributed by atoms with Gasteiger partial charge in [0.15, 0.2) is 0 Å². The summed E-state index contributed by atoms with van der Waals surface area (Å²) in [5.41, 5.74) is -2.56. The van der Waals surface area contributed by atoms with Gasteiger partial charge in [-0.15, -0.1) is 0 Å². The summed E-state index contributed by atoms with van der Waals surface area (Å²) >= 11 is 1.49. The molecule has 0 saturated heterocycles. The van der Waals surface area contributed by atoms with E-state index in [-0.39, 0.29) is 14.5 Å². The van der Waals surface area contributed by atoms with E-state index in [9.17, 15) is 22.8 Å². The standard InChI is InChI=1S/C9H4F3IN2O2/c10-9(11,12)4-2-6-3(1-5(4)13)7(16)15-8(17)14-6/h1-2H,(H2,14,15,16,17). The number of alkyl halides is 3. The molecule has 0 amide bonds. The van der Waals surface area contributed by atoms with Crippen molar-refractivity contribution in [1.29, 1.82) is 0 Å². The number of hydrogen-bond donors (Lipinski definition) is 2. The van der Waals surface area contributed by atoms with Gasteiger partial charge in [0.05, 0.1) is 16.5 Å². The number of benzene rings is 1. The Labute approximate surface area is 105 Å². The molecule has 0 unspecified atom stereocenters. The van der Waals surface area contributed by atoms with E-state index in [0.717, 1.165) is 12.1 Å². The monoisotopic (exact) mass is 356 g/mol. The van der Waals surface area contributed by atoms with E-state index >= 15 is 0 Å². The Hall–Kier alpha value is -1.32. The van der Waals surface area contributed by atoms with E-state index in [1.165, 1.54) is 22.6 Å². The maximum atomic E-state index is 12.6. The highest BCUT2D eigenvalue weighted by atomic mass is 127. The average molecular weight is 356 g/mol. The van der Waals surface area contributed by atoms with Crippen molar-refractivity contribution in [3.63, 3.8) is 0 Å². The summed E-state index contributed by atoms with van der Waals surface area (Å²) in [5.74, 6) is 0. The second kappa shape index (κ2) is 3.86. The molecule has 2 rings (SSSR count). The van der Waals surface area contributed by atoms with Gasteiger partial charge in [0.1, 0.15) is 0 Å². The topological polar surface area (TPSA) is 65.7 Å². The summed E-state index contributed by atoms with van der Waals surface area (Å²) in [7, 11) is 0. The van der Waals surface area contributed by atoms with Crippen LogP contribution >= 0.6 is 22.6 Å². The largest absolute Gasteiger partial charge is 0.417 e. The number of aromatic amines is 2. The quantitative estimate of drug-likeness (QED) is 0.708. The molecule has 90 valence electrons. The number of hydrogen-bond acceptors (Lipinski definition) is 2. The lowest BCUT2D eigenvalue weighted by Crippen LogP contribution is -2.22. The molecule has 8 heteroatoms. The molecule has 2 N–H and O–H groups in total. The Morgan fingerprint density at radius 3 is 2.35 bits per heavy atom. The number of nitrogens with one attached hydrogen (secondary N) is 2. The van der Waals surface area contributed by atoms with Gasteiger partial charge in [-0.2, -0.15) is 13.2 Å². The number of fused-ring (bicyclic) bond motifs is 1. The number of halogens is 4. The zero-order valence-electron chi connectivity index (χ0n) is 7.98. The lowest BCUT2D eigenvalue weighted by Gasteiger charge is -2.09. The van der Waals surface area contributed by atoms with Crippen LogP contribution in [0.15, 0.2) is 21.7 Å². The molecule has 1 heterocycles. The van der Waals surface area contributed by atoms with Crippen LogP contribution < -0.4 is 11.2 Å². The SMILES string of the molecule is O=c1[nH]c(=O)c2cc(I)c(C(F)(F)F)cc2[nH]1. The molecule has 0 fully saturated rings. The minimum atomic E-state index is -4.52. The van der Waals surface area contributed by atoms with Gasteiger partial charge in [0.25, 0.3) is 5.56 Å². The lowest BCUT2D eigenvalue weighted by atomic mass is 10.1. The molecule has 1 aromatic heterocycles. The highest BCUT2D eigenvalue weighted by Crippen LogP contribution is 2.34. The van der Waals surface area contributed by atoms with Crippen LogP contribution in [-0.4, -0.2) is 9.97 Å². The molecule has 4 nitrogen and oxygen atoms in total. The van der Waals surface area contributed by atoms with Gasteiger partial charge in [-0.05, 0) is 34.7 Å². The van der Waals surface area contributed by atoms with Crippen LogP contribution in [-0.2, 0) is 6.18 Å². The van der Waals surface area contributed by atoms with E-state index < -0.39 is 23.0 Å². The molecule has 0 aliphatic carbocycles. The van der Waals surface area contributed by atoms with Crippen LogP contribution in [0.4, 0.5) is 13.2 Å². The van der Waals surface area contributed by atoms with Gasteiger partial charge in [-0.3, -0.25) is 9.78 Å². The Balaban J connectivity index is 2.91. The molecular weight excluding hydrogens is 352 g/mol. The molecule has 0 bridgehead atoms. The highest BCUT2D eigenvalue weighted by Gasteiger charge is 2.33. The third-order valence-electron chi connectivity index (χ3n) is 2.13. The van der Waals surface area contributed by atoms with Crippen molar-refractivity contribution in [3.05, 3.63) is 42.1 Å². The Morgan fingerprint density at radius 1 is 1.12 bits per heavy atom. The molecular formula is C9H4F3IN2O2. The van der Waals surface area contributed by atoms with Crippen LogP contribution in [0.5, 0.6) is 0 Å². The van der Waals surface area contributed by atoms with E-state index in [4.69, 9.17) is 0 Å².